The van der Waals surface area contributed by atoms with Crippen molar-refractivity contribution in [2.45, 2.75) is 54.0 Å². The topological polar surface area (TPSA) is 84.5 Å². The van der Waals surface area contributed by atoms with Crippen molar-refractivity contribution in [3.8, 4) is 0 Å². The molecular formula is C15H28N2O4. The molecule has 0 aliphatic carbocycles. The summed E-state index contributed by atoms with van der Waals surface area (Å²) in [5, 5.41) is 5.18. The molecule has 0 aromatic heterocycles. The highest BCUT2D eigenvalue weighted by atomic mass is 16.5. The molecule has 2 N–H and O–H groups in total. The second kappa shape index (κ2) is 8.64. The lowest BCUT2D eigenvalue weighted by molar-refractivity contribution is -0.148. The van der Waals surface area contributed by atoms with Crippen molar-refractivity contribution < 1.29 is 19.1 Å². The Bertz CT molecular complexity index is 374. The number of carbonyl (C=O) groups excluding carboxylic acids is 3. The molecule has 0 fully saturated rings. The standard InChI is InChI=1S/C15H28N2O4/c1-7-10(3)12(13(19)21-8-2)17-11(18)9-16-14(20)15(4,5)6/h10,12H,7-9H2,1-6H3,(H,16,20)(H,17,18)/t10-,12-/m0/s1. The van der Waals surface area contributed by atoms with Gasteiger partial charge >= 0.3 is 5.97 Å². The lowest BCUT2D eigenvalue weighted by atomic mass is 9.96. The van der Waals surface area contributed by atoms with E-state index in [1.165, 1.54) is 0 Å². The Balaban J connectivity index is 4.54. The van der Waals surface area contributed by atoms with E-state index in [2.05, 4.69) is 10.6 Å². The molecule has 21 heavy (non-hydrogen) atoms. The molecule has 2 atom stereocenters. The molecule has 0 bridgehead atoms. The van der Waals surface area contributed by atoms with Crippen LogP contribution in [0.3, 0.4) is 0 Å². The number of esters is 1. The summed E-state index contributed by atoms with van der Waals surface area (Å²) in [6.45, 7) is 10.9. The van der Waals surface area contributed by atoms with Crippen LogP contribution in [0, 0.1) is 11.3 Å². The van der Waals surface area contributed by atoms with Crippen molar-refractivity contribution >= 4 is 17.8 Å². The minimum Gasteiger partial charge on any atom is -0.464 e. The van der Waals surface area contributed by atoms with Crippen LogP contribution in [-0.4, -0.2) is 37.0 Å². The fourth-order valence-electron chi connectivity index (χ4n) is 1.55. The smallest absolute Gasteiger partial charge is 0.328 e. The van der Waals surface area contributed by atoms with Crippen LogP contribution in [0.2, 0.25) is 0 Å². The Labute approximate surface area is 127 Å². The van der Waals surface area contributed by atoms with Gasteiger partial charge in [-0.2, -0.15) is 0 Å². The van der Waals surface area contributed by atoms with E-state index >= 15 is 0 Å². The highest BCUT2D eigenvalue weighted by molar-refractivity contribution is 5.89. The summed E-state index contributed by atoms with van der Waals surface area (Å²) in [7, 11) is 0. The van der Waals surface area contributed by atoms with Crippen LogP contribution in [-0.2, 0) is 19.1 Å². The predicted octanol–water partition coefficient (Wildman–Crippen LogP) is 1.24. The molecule has 0 aromatic rings. The van der Waals surface area contributed by atoms with Crippen molar-refractivity contribution in [2.24, 2.45) is 11.3 Å². The molecule has 0 unspecified atom stereocenters. The SMILES string of the molecule is CCOC(=O)[C@@H](NC(=O)CNC(=O)C(C)(C)C)[C@@H](C)CC. The van der Waals surface area contributed by atoms with E-state index in [4.69, 9.17) is 4.74 Å². The van der Waals surface area contributed by atoms with Gasteiger partial charge in [-0.3, -0.25) is 9.59 Å². The van der Waals surface area contributed by atoms with Crippen LogP contribution < -0.4 is 10.6 Å². The van der Waals surface area contributed by atoms with E-state index in [1.54, 1.807) is 27.7 Å². The Hall–Kier alpha value is -1.59. The fraction of sp³-hybridized carbons (Fsp3) is 0.800. The van der Waals surface area contributed by atoms with Crippen LogP contribution in [0.25, 0.3) is 0 Å². The fourth-order valence-corrected chi connectivity index (χ4v) is 1.55. The van der Waals surface area contributed by atoms with Gasteiger partial charge in [0.15, 0.2) is 0 Å². The number of rotatable bonds is 7. The van der Waals surface area contributed by atoms with Crippen molar-refractivity contribution in [3.63, 3.8) is 0 Å². The number of ether oxygens (including phenoxy) is 1. The maximum atomic E-state index is 11.9. The second-order valence-corrected chi connectivity index (χ2v) is 6.12. The van der Waals surface area contributed by atoms with Gasteiger partial charge in [-0.05, 0) is 12.8 Å². The lowest BCUT2D eigenvalue weighted by Gasteiger charge is -2.23. The molecule has 0 rings (SSSR count). The molecule has 0 radical (unpaired) electrons. The third-order valence-corrected chi connectivity index (χ3v) is 3.16. The lowest BCUT2D eigenvalue weighted by Crippen LogP contribution is -2.50. The van der Waals surface area contributed by atoms with E-state index in [9.17, 15) is 14.4 Å². The van der Waals surface area contributed by atoms with Crippen LogP contribution in [0.1, 0.15) is 48.0 Å². The molecule has 0 heterocycles. The zero-order valence-electron chi connectivity index (χ0n) is 13.9. The van der Waals surface area contributed by atoms with Gasteiger partial charge in [0, 0.05) is 5.41 Å². The molecule has 0 aliphatic rings. The molecule has 122 valence electrons. The first kappa shape index (κ1) is 19.4. The Morgan fingerprint density at radius 1 is 1.14 bits per heavy atom. The molecule has 0 saturated carbocycles. The van der Waals surface area contributed by atoms with Crippen LogP contribution in [0.15, 0.2) is 0 Å². The van der Waals surface area contributed by atoms with E-state index in [1.807, 2.05) is 13.8 Å². The average Bonchev–Trinajstić information content (AvgIpc) is 2.40. The van der Waals surface area contributed by atoms with Crippen molar-refractivity contribution in [1.82, 2.24) is 10.6 Å². The first-order valence-electron chi connectivity index (χ1n) is 7.37. The number of hydrogen-bond donors (Lipinski definition) is 2. The number of carbonyl (C=O) groups is 3. The highest BCUT2D eigenvalue weighted by Crippen LogP contribution is 2.12. The van der Waals surface area contributed by atoms with Crippen molar-refractivity contribution in [1.29, 1.82) is 0 Å². The number of nitrogens with one attached hydrogen (secondary N) is 2. The first-order chi connectivity index (χ1) is 9.63. The second-order valence-electron chi connectivity index (χ2n) is 6.12. The third kappa shape index (κ3) is 7.11. The van der Waals surface area contributed by atoms with Gasteiger partial charge in [0.25, 0.3) is 0 Å². The maximum Gasteiger partial charge on any atom is 0.328 e. The predicted molar refractivity (Wildman–Crippen MR) is 80.5 cm³/mol. The molecule has 0 saturated heterocycles. The first-order valence-corrected chi connectivity index (χ1v) is 7.37. The zero-order chi connectivity index (χ0) is 16.6. The van der Waals surface area contributed by atoms with E-state index in [0.717, 1.165) is 6.42 Å². The van der Waals surface area contributed by atoms with Crippen molar-refractivity contribution in [2.75, 3.05) is 13.2 Å². The van der Waals surface area contributed by atoms with Crippen molar-refractivity contribution in [3.05, 3.63) is 0 Å². The molecule has 6 nitrogen and oxygen atoms in total. The monoisotopic (exact) mass is 300 g/mol. The average molecular weight is 300 g/mol. The number of hydrogen-bond acceptors (Lipinski definition) is 4. The minimum absolute atomic E-state index is 0.0358. The van der Waals surface area contributed by atoms with Crippen LogP contribution in [0.4, 0.5) is 0 Å². The minimum atomic E-state index is -0.686. The van der Waals surface area contributed by atoms with Gasteiger partial charge in [0.2, 0.25) is 11.8 Å². The summed E-state index contributed by atoms with van der Waals surface area (Å²) < 4.78 is 4.97. The molecular weight excluding hydrogens is 272 g/mol. The Morgan fingerprint density at radius 3 is 2.14 bits per heavy atom. The number of amides is 2. The van der Waals surface area contributed by atoms with E-state index in [-0.39, 0.29) is 25.0 Å². The molecule has 0 spiro atoms. The summed E-state index contributed by atoms with van der Waals surface area (Å²) in [6.07, 6.45) is 0.734. The Kier molecular flexibility index (Phi) is 7.99. The zero-order valence-corrected chi connectivity index (χ0v) is 13.9. The largest absolute Gasteiger partial charge is 0.464 e. The summed E-state index contributed by atoms with van der Waals surface area (Å²) >= 11 is 0. The molecule has 6 heteroatoms. The summed E-state index contributed by atoms with van der Waals surface area (Å²) in [5.74, 6) is -1.09. The van der Waals surface area contributed by atoms with Gasteiger partial charge in [0.1, 0.15) is 6.04 Å². The molecule has 2 amide bonds. The van der Waals surface area contributed by atoms with E-state index < -0.39 is 23.3 Å². The van der Waals surface area contributed by atoms with Gasteiger partial charge < -0.3 is 15.4 Å². The van der Waals surface area contributed by atoms with Gasteiger partial charge in [0.05, 0.1) is 13.2 Å². The highest BCUT2D eigenvalue weighted by Gasteiger charge is 2.28. The quantitative estimate of drug-likeness (QED) is 0.693. The van der Waals surface area contributed by atoms with Gasteiger partial charge in [-0.1, -0.05) is 41.0 Å². The Morgan fingerprint density at radius 2 is 1.71 bits per heavy atom. The summed E-state index contributed by atoms with van der Waals surface area (Å²) in [6, 6.07) is -0.686. The molecule has 0 aliphatic heterocycles. The summed E-state index contributed by atoms with van der Waals surface area (Å²) in [5.41, 5.74) is -0.558. The maximum absolute atomic E-state index is 11.9. The molecule has 0 aromatic carbocycles. The summed E-state index contributed by atoms with van der Waals surface area (Å²) in [4.78, 5) is 35.4. The normalized spacial score (nSPS) is 14.0. The van der Waals surface area contributed by atoms with Crippen LogP contribution in [0.5, 0.6) is 0 Å². The third-order valence-electron chi connectivity index (χ3n) is 3.16. The van der Waals surface area contributed by atoms with E-state index in [0.29, 0.717) is 0 Å². The van der Waals surface area contributed by atoms with Crippen LogP contribution >= 0.6 is 0 Å². The van der Waals surface area contributed by atoms with Gasteiger partial charge in [-0.25, -0.2) is 4.79 Å². The van der Waals surface area contributed by atoms with Gasteiger partial charge in [-0.15, -0.1) is 0 Å².